The van der Waals surface area contributed by atoms with Crippen LogP contribution in [0.2, 0.25) is 0 Å². The fourth-order valence-electron chi connectivity index (χ4n) is 2.94. The molecule has 1 aliphatic carbocycles. The first kappa shape index (κ1) is 13.3. The Balaban J connectivity index is 2.30. The number of ketones is 1. The number of carbonyl (C=O) groups excluding carboxylic acids is 1. The lowest BCUT2D eigenvalue weighted by molar-refractivity contribution is 0.0729. The molecule has 18 heavy (non-hydrogen) atoms. The molecule has 0 spiro atoms. The van der Waals surface area contributed by atoms with Crippen LogP contribution in [-0.4, -0.2) is 12.3 Å². The molecular formula is C16H23NO. The standard InChI is InChI=1S/C16H23NO/c1-12-6-7-14(10-13(12)2)15(18)16(11-17)8-4-3-5-9-16/h6-7,10H,3-5,8-9,11,17H2,1-2H3. The van der Waals surface area contributed by atoms with Gasteiger partial charge < -0.3 is 5.73 Å². The van der Waals surface area contributed by atoms with E-state index in [9.17, 15) is 4.79 Å². The second-order valence-electron chi connectivity index (χ2n) is 5.67. The van der Waals surface area contributed by atoms with Gasteiger partial charge in [0.15, 0.2) is 5.78 Å². The molecule has 0 amide bonds. The lowest BCUT2D eigenvalue weighted by Gasteiger charge is -2.34. The molecule has 2 rings (SSSR count). The van der Waals surface area contributed by atoms with E-state index in [-0.39, 0.29) is 11.2 Å². The Morgan fingerprint density at radius 1 is 1.17 bits per heavy atom. The van der Waals surface area contributed by atoms with Crippen LogP contribution in [0.3, 0.4) is 0 Å². The van der Waals surface area contributed by atoms with Crippen molar-refractivity contribution < 1.29 is 4.79 Å². The van der Waals surface area contributed by atoms with E-state index in [0.29, 0.717) is 6.54 Å². The van der Waals surface area contributed by atoms with Gasteiger partial charge in [0, 0.05) is 17.5 Å². The summed E-state index contributed by atoms with van der Waals surface area (Å²) in [5, 5.41) is 0. The normalized spacial score (nSPS) is 18.6. The van der Waals surface area contributed by atoms with Gasteiger partial charge in [-0.2, -0.15) is 0 Å². The molecule has 1 saturated carbocycles. The lowest BCUT2D eigenvalue weighted by Crippen LogP contribution is -2.40. The van der Waals surface area contributed by atoms with Gasteiger partial charge in [-0.25, -0.2) is 0 Å². The van der Waals surface area contributed by atoms with Gasteiger partial charge in [-0.3, -0.25) is 4.79 Å². The molecular weight excluding hydrogens is 222 g/mol. The SMILES string of the molecule is Cc1ccc(C(=O)C2(CN)CCCCC2)cc1C. The minimum Gasteiger partial charge on any atom is -0.329 e. The number of carbonyl (C=O) groups is 1. The van der Waals surface area contributed by atoms with Crippen LogP contribution in [0.5, 0.6) is 0 Å². The van der Waals surface area contributed by atoms with Gasteiger partial charge in [-0.1, -0.05) is 31.4 Å². The largest absolute Gasteiger partial charge is 0.329 e. The first-order valence-electron chi connectivity index (χ1n) is 6.91. The van der Waals surface area contributed by atoms with Crippen molar-refractivity contribution in [1.29, 1.82) is 0 Å². The van der Waals surface area contributed by atoms with Crippen molar-refractivity contribution in [1.82, 2.24) is 0 Å². The molecule has 1 aliphatic rings. The average molecular weight is 245 g/mol. The predicted octanol–water partition coefficient (Wildman–Crippen LogP) is 3.40. The van der Waals surface area contributed by atoms with Gasteiger partial charge in [-0.05, 0) is 43.9 Å². The lowest BCUT2D eigenvalue weighted by atomic mass is 9.69. The van der Waals surface area contributed by atoms with Crippen molar-refractivity contribution in [2.75, 3.05) is 6.54 Å². The van der Waals surface area contributed by atoms with Crippen LogP contribution in [0.15, 0.2) is 18.2 Å². The predicted molar refractivity (Wildman–Crippen MR) is 74.8 cm³/mol. The van der Waals surface area contributed by atoms with Gasteiger partial charge in [0.2, 0.25) is 0 Å². The minimum atomic E-state index is -0.292. The quantitative estimate of drug-likeness (QED) is 0.829. The number of Topliss-reactive ketones (excluding diaryl/α,β-unsaturated/α-hetero) is 1. The fourth-order valence-corrected chi connectivity index (χ4v) is 2.94. The Morgan fingerprint density at radius 2 is 1.83 bits per heavy atom. The summed E-state index contributed by atoms with van der Waals surface area (Å²) in [6.07, 6.45) is 5.41. The van der Waals surface area contributed by atoms with Crippen molar-refractivity contribution >= 4 is 5.78 Å². The number of aryl methyl sites for hydroxylation is 2. The van der Waals surface area contributed by atoms with Gasteiger partial charge in [0.1, 0.15) is 0 Å². The molecule has 1 fully saturated rings. The summed E-state index contributed by atoms with van der Waals surface area (Å²) < 4.78 is 0. The van der Waals surface area contributed by atoms with E-state index in [1.807, 2.05) is 18.2 Å². The van der Waals surface area contributed by atoms with Crippen LogP contribution in [0.1, 0.15) is 53.6 Å². The molecule has 0 aliphatic heterocycles. The minimum absolute atomic E-state index is 0.257. The molecule has 2 heteroatoms. The third-order valence-electron chi connectivity index (χ3n) is 4.45. The highest BCUT2D eigenvalue weighted by Crippen LogP contribution is 2.38. The van der Waals surface area contributed by atoms with Crippen molar-refractivity contribution in [2.45, 2.75) is 46.0 Å². The molecule has 0 bridgehead atoms. The number of benzene rings is 1. The van der Waals surface area contributed by atoms with Crippen LogP contribution < -0.4 is 5.73 Å². The van der Waals surface area contributed by atoms with Crippen LogP contribution in [-0.2, 0) is 0 Å². The summed E-state index contributed by atoms with van der Waals surface area (Å²) in [4.78, 5) is 12.7. The summed E-state index contributed by atoms with van der Waals surface area (Å²) in [6.45, 7) is 4.61. The van der Waals surface area contributed by atoms with E-state index in [1.165, 1.54) is 17.5 Å². The topological polar surface area (TPSA) is 43.1 Å². The Labute approximate surface area is 110 Å². The maximum atomic E-state index is 12.7. The van der Waals surface area contributed by atoms with E-state index in [2.05, 4.69) is 13.8 Å². The first-order valence-corrected chi connectivity index (χ1v) is 6.91. The summed E-state index contributed by atoms with van der Waals surface area (Å²) in [5.74, 6) is 0.257. The molecule has 0 atom stereocenters. The molecule has 0 radical (unpaired) electrons. The van der Waals surface area contributed by atoms with Gasteiger partial charge >= 0.3 is 0 Å². The number of nitrogens with two attached hydrogens (primary N) is 1. The van der Waals surface area contributed by atoms with E-state index in [1.54, 1.807) is 0 Å². The zero-order valence-electron chi connectivity index (χ0n) is 11.5. The molecule has 1 aromatic carbocycles. The van der Waals surface area contributed by atoms with Gasteiger partial charge in [0.05, 0.1) is 0 Å². The maximum Gasteiger partial charge on any atom is 0.170 e. The Hall–Kier alpha value is -1.15. The third-order valence-corrected chi connectivity index (χ3v) is 4.45. The fraction of sp³-hybridized carbons (Fsp3) is 0.562. The molecule has 0 saturated heterocycles. The maximum absolute atomic E-state index is 12.7. The summed E-state index contributed by atoms with van der Waals surface area (Å²) >= 11 is 0. The highest BCUT2D eigenvalue weighted by atomic mass is 16.1. The number of hydrogen-bond donors (Lipinski definition) is 1. The van der Waals surface area contributed by atoms with Crippen LogP contribution in [0.25, 0.3) is 0 Å². The van der Waals surface area contributed by atoms with E-state index >= 15 is 0 Å². The second kappa shape index (κ2) is 5.23. The average Bonchev–Trinajstić information content (AvgIpc) is 2.42. The monoisotopic (exact) mass is 245 g/mol. The summed E-state index contributed by atoms with van der Waals surface area (Å²) in [5.41, 5.74) is 8.89. The molecule has 1 aromatic rings. The third kappa shape index (κ3) is 2.35. The van der Waals surface area contributed by atoms with Crippen molar-refractivity contribution in [3.8, 4) is 0 Å². The molecule has 2 nitrogen and oxygen atoms in total. The van der Waals surface area contributed by atoms with Crippen LogP contribution in [0.4, 0.5) is 0 Å². The zero-order valence-corrected chi connectivity index (χ0v) is 11.5. The van der Waals surface area contributed by atoms with Gasteiger partial charge in [-0.15, -0.1) is 0 Å². The van der Waals surface area contributed by atoms with Gasteiger partial charge in [0.25, 0.3) is 0 Å². The van der Waals surface area contributed by atoms with E-state index < -0.39 is 0 Å². The van der Waals surface area contributed by atoms with E-state index in [0.717, 1.165) is 31.2 Å². The molecule has 0 aromatic heterocycles. The molecule has 98 valence electrons. The Morgan fingerprint density at radius 3 is 2.39 bits per heavy atom. The number of rotatable bonds is 3. The Bertz CT molecular complexity index is 444. The molecule has 0 heterocycles. The van der Waals surface area contributed by atoms with Crippen molar-refractivity contribution in [2.24, 2.45) is 11.1 Å². The zero-order chi connectivity index (χ0) is 13.2. The van der Waals surface area contributed by atoms with Crippen molar-refractivity contribution in [3.05, 3.63) is 34.9 Å². The highest BCUT2D eigenvalue weighted by molar-refractivity contribution is 6.01. The Kier molecular flexibility index (Phi) is 3.86. The number of hydrogen-bond acceptors (Lipinski definition) is 2. The second-order valence-corrected chi connectivity index (χ2v) is 5.67. The first-order chi connectivity index (χ1) is 8.59. The van der Waals surface area contributed by atoms with Crippen LogP contribution >= 0.6 is 0 Å². The smallest absolute Gasteiger partial charge is 0.170 e. The molecule has 2 N–H and O–H groups in total. The molecule has 0 unspecified atom stereocenters. The van der Waals surface area contributed by atoms with Crippen molar-refractivity contribution in [3.63, 3.8) is 0 Å². The van der Waals surface area contributed by atoms with Crippen LogP contribution in [0, 0.1) is 19.3 Å². The summed E-state index contributed by atoms with van der Waals surface area (Å²) in [6, 6.07) is 6.01. The highest BCUT2D eigenvalue weighted by Gasteiger charge is 2.38. The van der Waals surface area contributed by atoms with E-state index in [4.69, 9.17) is 5.73 Å². The summed E-state index contributed by atoms with van der Waals surface area (Å²) in [7, 11) is 0.